The standard InChI is InChI=1S/C45H69N9O16/c55-36(26-51-16-18-52(27-38(58)59)20-22-54(29-40(62)63)23-21-53(19-17-51)28-39(60)61)47-25-31-9-11-32(12-10-31)41(64)48-35(24-30-6-2-1-3-7-30)42(65)46-15-5-4-8-33(43(66)67)49-45(70)50-34(44(68)69)13-14-37(56)57/h1-3,6-7,31-35H,4-5,8-29H2,(H,46,65)(H,47,55)(H,48,64)(H,56,57)(H,58,59)(H,60,61)(H,62,63)(H,66,67)(H,68,69)(H2,49,50,70)/t31-,32-,33-,34-,35-/m0/s1. The molecule has 0 aromatic heterocycles. The summed E-state index contributed by atoms with van der Waals surface area (Å²) in [4.78, 5) is 128. The lowest BCUT2D eigenvalue weighted by atomic mass is 9.81. The van der Waals surface area contributed by atoms with Crippen molar-refractivity contribution in [2.24, 2.45) is 11.8 Å². The molecule has 1 saturated carbocycles. The number of amides is 5. The predicted octanol–water partition coefficient (Wildman–Crippen LogP) is -1.53. The van der Waals surface area contributed by atoms with E-state index >= 15 is 0 Å². The maximum Gasteiger partial charge on any atom is 0.326 e. The normalized spacial score (nSPS) is 19.1. The number of urea groups is 1. The molecule has 3 atom stereocenters. The summed E-state index contributed by atoms with van der Waals surface area (Å²) >= 11 is 0. The Bertz CT molecular complexity index is 1890. The third-order valence-electron chi connectivity index (χ3n) is 12.2. The molecular formula is C45H69N9O16. The molecule has 0 unspecified atom stereocenters. The van der Waals surface area contributed by atoms with Crippen LogP contribution in [0.15, 0.2) is 30.3 Å². The van der Waals surface area contributed by atoms with E-state index < -0.39 is 78.7 Å². The molecule has 3 rings (SSSR count). The highest BCUT2D eigenvalue weighted by molar-refractivity contribution is 5.89. The van der Waals surface area contributed by atoms with E-state index in [0.717, 1.165) is 5.56 Å². The molecule has 1 saturated heterocycles. The van der Waals surface area contributed by atoms with Crippen LogP contribution in [0.5, 0.6) is 0 Å². The molecule has 0 radical (unpaired) electrons. The first-order valence-corrected chi connectivity index (χ1v) is 23.5. The molecule has 11 N–H and O–H groups in total. The number of carboxylic acid groups (broad SMARTS) is 6. The first kappa shape index (κ1) is 57.9. The van der Waals surface area contributed by atoms with Crippen molar-refractivity contribution in [2.45, 2.75) is 82.3 Å². The largest absolute Gasteiger partial charge is 0.481 e. The SMILES string of the molecule is O=C(O)CC[C@H](NC(=O)N[C@@H](CCCCNC(=O)[C@H](Cc1ccccc1)NC(=O)[C@H]1CC[C@H](CNC(=O)CN2CCN(CC(=O)O)CCN(CC(=O)O)CCN(CC(=O)O)CC2)CC1)C(=O)O)C(=O)O. The van der Waals surface area contributed by atoms with Crippen LogP contribution in [0.4, 0.5) is 4.79 Å². The fourth-order valence-electron chi connectivity index (χ4n) is 8.23. The van der Waals surface area contributed by atoms with Gasteiger partial charge in [-0.05, 0) is 62.8 Å². The van der Waals surface area contributed by atoms with E-state index in [1.165, 1.54) is 0 Å². The highest BCUT2D eigenvalue weighted by Gasteiger charge is 2.31. The summed E-state index contributed by atoms with van der Waals surface area (Å²) in [5, 5.41) is 69.1. The van der Waals surface area contributed by atoms with E-state index in [2.05, 4.69) is 26.6 Å². The smallest absolute Gasteiger partial charge is 0.326 e. The van der Waals surface area contributed by atoms with Gasteiger partial charge in [-0.2, -0.15) is 0 Å². The van der Waals surface area contributed by atoms with Crippen LogP contribution in [0, 0.1) is 11.8 Å². The van der Waals surface area contributed by atoms with E-state index in [1.54, 1.807) is 14.7 Å². The maximum atomic E-state index is 13.6. The Labute approximate surface area is 405 Å². The van der Waals surface area contributed by atoms with Gasteiger partial charge in [0.25, 0.3) is 0 Å². The Morgan fingerprint density at radius 2 is 1.00 bits per heavy atom. The van der Waals surface area contributed by atoms with Crippen LogP contribution in [0.3, 0.4) is 0 Å². The van der Waals surface area contributed by atoms with E-state index in [1.807, 2.05) is 35.2 Å². The molecule has 1 aromatic carbocycles. The van der Waals surface area contributed by atoms with Gasteiger partial charge >= 0.3 is 41.8 Å². The first-order chi connectivity index (χ1) is 33.3. The van der Waals surface area contributed by atoms with Gasteiger partial charge in [-0.1, -0.05) is 30.3 Å². The molecule has 390 valence electrons. The molecule has 25 nitrogen and oxygen atoms in total. The zero-order chi connectivity index (χ0) is 51.6. The third-order valence-corrected chi connectivity index (χ3v) is 12.2. The lowest BCUT2D eigenvalue weighted by Crippen LogP contribution is -2.51. The van der Waals surface area contributed by atoms with Crippen molar-refractivity contribution < 1.29 is 78.6 Å². The monoisotopic (exact) mass is 991 g/mol. The molecule has 70 heavy (non-hydrogen) atoms. The van der Waals surface area contributed by atoms with Crippen LogP contribution >= 0.6 is 0 Å². The molecule has 0 bridgehead atoms. The molecule has 1 aliphatic heterocycles. The molecule has 1 aromatic rings. The van der Waals surface area contributed by atoms with Gasteiger partial charge < -0.3 is 57.2 Å². The Kier molecular flexibility index (Phi) is 25.6. The summed E-state index contributed by atoms with van der Waals surface area (Å²) < 4.78 is 0. The van der Waals surface area contributed by atoms with Crippen molar-refractivity contribution in [3.8, 4) is 0 Å². The van der Waals surface area contributed by atoms with Crippen molar-refractivity contribution in [1.82, 2.24) is 46.2 Å². The fraction of sp³-hybridized carbons (Fsp3) is 0.644. The lowest BCUT2D eigenvalue weighted by Gasteiger charge is -2.33. The number of hydrogen-bond donors (Lipinski definition) is 11. The number of carboxylic acids is 6. The number of aliphatic carboxylic acids is 6. The third kappa shape index (κ3) is 23.7. The fourth-order valence-corrected chi connectivity index (χ4v) is 8.23. The van der Waals surface area contributed by atoms with Crippen molar-refractivity contribution in [3.63, 3.8) is 0 Å². The van der Waals surface area contributed by atoms with Gasteiger partial charge in [-0.15, -0.1) is 0 Å². The quantitative estimate of drug-likeness (QED) is 0.0445. The molecule has 0 spiro atoms. The van der Waals surface area contributed by atoms with Crippen LogP contribution in [-0.2, 0) is 49.6 Å². The van der Waals surface area contributed by atoms with E-state index in [4.69, 9.17) is 5.11 Å². The Hall–Kier alpha value is -6.44. The number of rotatable bonds is 27. The van der Waals surface area contributed by atoms with Crippen molar-refractivity contribution in [2.75, 3.05) is 91.6 Å². The summed E-state index contributed by atoms with van der Waals surface area (Å²) in [7, 11) is 0. The zero-order valence-electron chi connectivity index (χ0n) is 39.3. The number of nitrogens with zero attached hydrogens (tertiary/aromatic N) is 4. The van der Waals surface area contributed by atoms with E-state index in [0.29, 0.717) is 51.7 Å². The van der Waals surface area contributed by atoms with E-state index in [-0.39, 0.29) is 115 Å². The van der Waals surface area contributed by atoms with Crippen LogP contribution in [0.25, 0.3) is 0 Å². The number of carbonyl (C=O) groups is 10. The second-order valence-corrected chi connectivity index (χ2v) is 17.7. The van der Waals surface area contributed by atoms with Gasteiger partial charge in [-0.25, -0.2) is 14.4 Å². The van der Waals surface area contributed by atoms with Gasteiger partial charge in [0.05, 0.1) is 26.2 Å². The predicted molar refractivity (Wildman–Crippen MR) is 247 cm³/mol. The molecule has 2 aliphatic rings. The summed E-state index contributed by atoms with van der Waals surface area (Å²) in [6, 6.07) is 4.12. The van der Waals surface area contributed by atoms with Gasteiger partial charge in [0.15, 0.2) is 0 Å². The van der Waals surface area contributed by atoms with Crippen molar-refractivity contribution >= 4 is 59.6 Å². The van der Waals surface area contributed by atoms with Gasteiger partial charge in [0.1, 0.15) is 18.1 Å². The highest BCUT2D eigenvalue weighted by Crippen LogP contribution is 2.29. The topological polar surface area (TPSA) is 365 Å². The summed E-state index contributed by atoms with van der Waals surface area (Å²) in [5.41, 5.74) is 0.802. The minimum absolute atomic E-state index is 0.0241. The number of benzene rings is 1. The van der Waals surface area contributed by atoms with Crippen LogP contribution in [0.2, 0.25) is 0 Å². The molecule has 1 heterocycles. The molecule has 25 heteroatoms. The number of hydrogen-bond acceptors (Lipinski definition) is 14. The number of nitrogens with one attached hydrogen (secondary N) is 5. The summed E-state index contributed by atoms with van der Waals surface area (Å²) in [6.07, 6.45) is 2.00. The lowest BCUT2D eigenvalue weighted by molar-refractivity contribution is -0.141. The number of carbonyl (C=O) groups excluding carboxylic acids is 4. The maximum absolute atomic E-state index is 13.6. The number of unbranched alkanes of at least 4 members (excludes halogenated alkanes) is 1. The van der Waals surface area contributed by atoms with Crippen LogP contribution in [0.1, 0.15) is 63.4 Å². The van der Waals surface area contributed by atoms with Crippen LogP contribution in [-0.4, -0.2) is 220 Å². The first-order valence-electron chi connectivity index (χ1n) is 23.5. The Morgan fingerprint density at radius 3 is 1.46 bits per heavy atom. The van der Waals surface area contributed by atoms with Gasteiger partial charge in [0, 0.05) is 84.2 Å². The molecule has 2 fully saturated rings. The highest BCUT2D eigenvalue weighted by atomic mass is 16.4. The second kappa shape index (κ2) is 30.9. The van der Waals surface area contributed by atoms with Gasteiger partial charge in [0.2, 0.25) is 17.7 Å². The summed E-state index contributed by atoms with van der Waals surface area (Å²) in [5.74, 6) is -8.61. The van der Waals surface area contributed by atoms with E-state index in [9.17, 15) is 73.5 Å². The average molecular weight is 992 g/mol. The van der Waals surface area contributed by atoms with Crippen molar-refractivity contribution in [3.05, 3.63) is 35.9 Å². The second-order valence-electron chi connectivity index (χ2n) is 17.7. The molecular weight excluding hydrogens is 923 g/mol. The minimum Gasteiger partial charge on any atom is -0.481 e. The average Bonchev–Trinajstić information content (AvgIpc) is 3.29. The Morgan fingerprint density at radius 1 is 0.529 bits per heavy atom. The summed E-state index contributed by atoms with van der Waals surface area (Å²) in [6.45, 7) is 1.78. The molecule has 1 aliphatic carbocycles. The Balaban J connectivity index is 1.50. The molecule has 5 amide bonds. The minimum atomic E-state index is -1.55. The zero-order valence-corrected chi connectivity index (χ0v) is 39.3. The van der Waals surface area contributed by atoms with Gasteiger partial charge in [-0.3, -0.25) is 53.2 Å². The van der Waals surface area contributed by atoms with Crippen molar-refractivity contribution in [1.29, 1.82) is 0 Å². The van der Waals surface area contributed by atoms with Crippen LogP contribution < -0.4 is 26.6 Å².